The van der Waals surface area contributed by atoms with Crippen LogP contribution in [0.2, 0.25) is 0 Å². The van der Waals surface area contributed by atoms with E-state index >= 15 is 0 Å². The summed E-state index contributed by atoms with van der Waals surface area (Å²) >= 11 is 5.00. The van der Waals surface area contributed by atoms with Crippen LogP contribution in [0.4, 0.5) is 0 Å². The van der Waals surface area contributed by atoms with E-state index in [9.17, 15) is 4.79 Å². The number of amides is 1. The number of hydrogen-bond donors (Lipinski definition) is 2. The van der Waals surface area contributed by atoms with Gasteiger partial charge < -0.3 is 10.6 Å². The van der Waals surface area contributed by atoms with Gasteiger partial charge in [-0.05, 0) is 36.7 Å². The molecule has 0 aliphatic carbocycles. The minimum atomic E-state index is -0.0760. The Morgan fingerprint density at radius 2 is 2.06 bits per heavy atom. The van der Waals surface area contributed by atoms with E-state index in [1.807, 2.05) is 38.1 Å². The molecule has 0 saturated carbocycles. The minimum absolute atomic E-state index is 0.0760. The van der Waals surface area contributed by atoms with Gasteiger partial charge in [-0.1, -0.05) is 31.2 Å². The van der Waals surface area contributed by atoms with Crippen molar-refractivity contribution in [2.24, 2.45) is 0 Å². The maximum atomic E-state index is 11.7. The molecule has 3 nitrogen and oxygen atoms in total. The van der Waals surface area contributed by atoms with Gasteiger partial charge in [0.25, 0.3) is 0 Å². The molecule has 0 spiro atoms. The molecule has 0 radical (unpaired) electrons. The fourth-order valence-electron chi connectivity index (χ4n) is 1.43. The fourth-order valence-corrected chi connectivity index (χ4v) is 1.65. The van der Waals surface area contributed by atoms with Crippen molar-refractivity contribution in [1.29, 1.82) is 0 Å². The quantitative estimate of drug-likeness (QED) is 0.802. The zero-order valence-electron chi connectivity index (χ0n) is 10.2. The minimum Gasteiger partial charge on any atom is -0.362 e. The molecule has 4 heteroatoms. The Morgan fingerprint density at radius 1 is 1.35 bits per heavy atom. The van der Waals surface area contributed by atoms with E-state index in [2.05, 4.69) is 10.6 Å². The highest BCUT2D eigenvalue weighted by Gasteiger charge is 2.06. The summed E-state index contributed by atoms with van der Waals surface area (Å²) in [5.41, 5.74) is 2.15. The SMILES string of the molecule is CCCNC(=S)NC(=O)Cc1ccccc1C. The van der Waals surface area contributed by atoms with E-state index in [0.717, 1.165) is 24.1 Å². The summed E-state index contributed by atoms with van der Waals surface area (Å²) in [5, 5.41) is 6.04. The second-order valence-electron chi connectivity index (χ2n) is 3.91. The lowest BCUT2D eigenvalue weighted by molar-refractivity contribution is -0.119. The van der Waals surface area contributed by atoms with Crippen LogP contribution in [0.5, 0.6) is 0 Å². The lowest BCUT2D eigenvalue weighted by atomic mass is 10.1. The number of carbonyl (C=O) groups is 1. The van der Waals surface area contributed by atoms with E-state index in [-0.39, 0.29) is 5.91 Å². The largest absolute Gasteiger partial charge is 0.362 e. The lowest BCUT2D eigenvalue weighted by Crippen LogP contribution is -2.40. The Kier molecular flexibility index (Phi) is 5.63. The van der Waals surface area contributed by atoms with E-state index in [1.54, 1.807) is 0 Å². The molecule has 17 heavy (non-hydrogen) atoms. The first-order chi connectivity index (χ1) is 8.13. The third kappa shape index (κ3) is 4.95. The Bertz CT molecular complexity index is 404. The molecule has 0 fully saturated rings. The molecule has 1 aromatic carbocycles. The van der Waals surface area contributed by atoms with E-state index in [1.165, 1.54) is 0 Å². The summed E-state index contributed by atoms with van der Waals surface area (Å²) in [5.74, 6) is -0.0760. The number of benzene rings is 1. The zero-order valence-corrected chi connectivity index (χ0v) is 11.1. The van der Waals surface area contributed by atoms with Gasteiger partial charge in [0.1, 0.15) is 0 Å². The van der Waals surface area contributed by atoms with Crippen LogP contribution < -0.4 is 10.6 Å². The number of carbonyl (C=O) groups excluding carboxylic acids is 1. The summed E-state index contributed by atoms with van der Waals surface area (Å²) in [6.07, 6.45) is 1.34. The second-order valence-corrected chi connectivity index (χ2v) is 4.32. The van der Waals surface area contributed by atoms with Crippen molar-refractivity contribution in [2.75, 3.05) is 6.54 Å². The van der Waals surface area contributed by atoms with Gasteiger partial charge in [0.15, 0.2) is 5.11 Å². The van der Waals surface area contributed by atoms with E-state index < -0.39 is 0 Å². The number of aryl methyl sites for hydroxylation is 1. The summed E-state index contributed by atoms with van der Waals surface area (Å²) < 4.78 is 0. The van der Waals surface area contributed by atoms with E-state index in [0.29, 0.717) is 11.5 Å². The van der Waals surface area contributed by atoms with Gasteiger partial charge in [-0.3, -0.25) is 4.79 Å². The Morgan fingerprint density at radius 3 is 2.71 bits per heavy atom. The van der Waals surface area contributed by atoms with Gasteiger partial charge in [0.05, 0.1) is 6.42 Å². The average molecular weight is 250 g/mol. The maximum Gasteiger partial charge on any atom is 0.230 e. The number of rotatable bonds is 4. The summed E-state index contributed by atoms with van der Waals surface area (Å²) in [4.78, 5) is 11.7. The Balaban J connectivity index is 2.45. The van der Waals surface area contributed by atoms with Crippen LogP contribution in [0.25, 0.3) is 0 Å². The molecule has 2 N–H and O–H groups in total. The van der Waals surface area contributed by atoms with Crippen LogP contribution in [0.1, 0.15) is 24.5 Å². The fraction of sp³-hybridized carbons (Fsp3) is 0.385. The zero-order chi connectivity index (χ0) is 12.7. The van der Waals surface area contributed by atoms with Gasteiger partial charge in [-0.15, -0.1) is 0 Å². The number of thiocarbonyl (C=S) groups is 1. The summed E-state index contributed by atoms with van der Waals surface area (Å²) in [6, 6.07) is 7.85. The van der Waals surface area contributed by atoms with Crippen LogP contribution in [-0.4, -0.2) is 17.6 Å². The molecule has 0 atom stereocenters. The van der Waals surface area contributed by atoms with Gasteiger partial charge >= 0.3 is 0 Å². The Hall–Kier alpha value is -1.42. The average Bonchev–Trinajstić information content (AvgIpc) is 2.29. The van der Waals surface area contributed by atoms with Crippen LogP contribution >= 0.6 is 12.2 Å². The van der Waals surface area contributed by atoms with Crippen molar-refractivity contribution in [3.8, 4) is 0 Å². The molecule has 0 aliphatic heterocycles. The van der Waals surface area contributed by atoms with Gasteiger partial charge in [0, 0.05) is 6.54 Å². The predicted molar refractivity (Wildman–Crippen MR) is 73.9 cm³/mol. The highest BCUT2D eigenvalue weighted by molar-refractivity contribution is 7.80. The third-order valence-corrected chi connectivity index (χ3v) is 2.65. The molecule has 92 valence electrons. The summed E-state index contributed by atoms with van der Waals surface area (Å²) in [7, 11) is 0. The molecule has 1 amide bonds. The molecule has 0 bridgehead atoms. The van der Waals surface area contributed by atoms with Crippen molar-refractivity contribution in [3.05, 3.63) is 35.4 Å². The van der Waals surface area contributed by atoms with E-state index in [4.69, 9.17) is 12.2 Å². The van der Waals surface area contributed by atoms with Crippen molar-refractivity contribution < 1.29 is 4.79 Å². The standard InChI is InChI=1S/C13H18N2OS/c1-3-8-14-13(17)15-12(16)9-11-7-5-4-6-10(11)2/h4-7H,3,8-9H2,1-2H3,(H2,14,15,16,17). The number of hydrogen-bond acceptors (Lipinski definition) is 2. The van der Waals surface area contributed by atoms with Gasteiger partial charge in [-0.2, -0.15) is 0 Å². The van der Waals surface area contributed by atoms with Crippen molar-refractivity contribution in [1.82, 2.24) is 10.6 Å². The normalized spacial score (nSPS) is 9.76. The van der Waals surface area contributed by atoms with Gasteiger partial charge in [0.2, 0.25) is 5.91 Å². The smallest absolute Gasteiger partial charge is 0.230 e. The first kappa shape index (κ1) is 13.6. The van der Waals surface area contributed by atoms with Gasteiger partial charge in [-0.25, -0.2) is 0 Å². The summed E-state index contributed by atoms with van der Waals surface area (Å²) in [6.45, 7) is 4.82. The molecule has 0 saturated heterocycles. The molecule has 1 rings (SSSR count). The van der Waals surface area contributed by atoms with Crippen molar-refractivity contribution >= 4 is 23.2 Å². The highest BCUT2D eigenvalue weighted by Crippen LogP contribution is 2.07. The monoisotopic (exact) mass is 250 g/mol. The van der Waals surface area contributed by atoms with Crippen molar-refractivity contribution in [3.63, 3.8) is 0 Å². The second kappa shape index (κ2) is 7.01. The molecule has 0 heterocycles. The van der Waals surface area contributed by atoms with Crippen LogP contribution in [0.15, 0.2) is 24.3 Å². The molecule has 0 aromatic heterocycles. The molecule has 1 aromatic rings. The molecule has 0 aliphatic rings. The molecular weight excluding hydrogens is 232 g/mol. The molecular formula is C13H18N2OS. The first-order valence-electron chi connectivity index (χ1n) is 5.75. The van der Waals surface area contributed by atoms with Crippen LogP contribution in [0.3, 0.4) is 0 Å². The topological polar surface area (TPSA) is 41.1 Å². The maximum absolute atomic E-state index is 11.7. The van der Waals surface area contributed by atoms with Crippen LogP contribution in [-0.2, 0) is 11.2 Å². The lowest BCUT2D eigenvalue weighted by Gasteiger charge is -2.09. The molecule has 0 unspecified atom stereocenters. The first-order valence-corrected chi connectivity index (χ1v) is 6.16. The predicted octanol–water partition coefficient (Wildman–Crippen LogP) is 1.94. The third-order valence-electron chi connectivity index (χ3n) is 2.40. The van der Waals surface area contributed by atoms with Crippen LogP contribution in [0, 0.1) is 6.92 Å². The highest BCUT2D eigenvalue weighted by atomic mass is 32.1. The Labute approximate surface area is 108 Å². The van der Waals surface area contributed by atoms with Crippen molar-refractivity contribution in [2.45, 2.75) is 26.7 Å². The number of nitrogens with one attached hydrogen (secondary N) is 2.